The maximum absolute atomic E-state index is 10.9. The van der Waals surface area contributed by atoms with Crippen LogP contribution < -0.4 is 0 Å². The highest BCUT2D eigenvalue weighted by Crippen LogP contribution is 2.19. The number of aromatic nitrogens is 2. The van der Waals surface area contributed by atoms with Crippen LogP contribution in [0.4, 0.5) is 0 Å². The number of allylic oxidation sites excluding steroid dienone is 5. The van der Waals surface area contributed by atoms with E-state index in [1.54, 1.807) is 35.3 Å². The first kappa shape index (κ1) is 14.5. The number of carboxylic acids is 1. The third-order valence-electron chi connectivity index (χ3n) is 2.93. The molecule has 2 aromatic heterocycles. The molecular weight excluding hydrogens is 264 g/mol. The van der Waals surface area contributed by atoms with Gasteiger partial charge in [0.05, 0.1) is 5.56 Å². The van der Waals surface area contributed by atoms with E-state index in [0.717, 1.165) is 11.1 Å². The van der Waals surface area contributed by atoms with Gasteiger partial charge in [-0.25, -0.2) is 9.78 Å². The minimum atomic E-state index is -0.953. The van der Waals surface area contributed by atoms with Crippen molar-refractivity contribution in [2.45, 2.75) is 6.92 Å². The molecule has 0 saturated heterocycles. The predicted molar refractivity (Wildman–Crippen MR) is 83.5 cm³/mol. The van der Waals surface area contributed by atoms with E-state index in [0.29, 0.717) is 5.82 Å². The number of carbonyl (C=O) groups is 1. The Hall–Kier alpha value is -2.88. The van der Waals surface area contributed by atoms with E-state index < -0.39 is 5.97 Å². The molecule has 21 heavy (non-hydrogen) atoms. The van der Waals surface area contributed by atoms with E-state index in [1.165, 1.54) is 0 Å². The van der Waals surface area contributed by atoms with Gasteiger partial charge in [-0.05, 0) is 36.3 Å². The summed E-state index contributed by atoms with van der Waals surface area (Å²) < 4.78 is 1.69. The molecule has 0 atom stereocenters. The van der Waals surface area contributed by atoms with Crippen LogP contribution in [-0.2, 0) is 0 Å². The lowest BCUT2D eigenvalue weighted by atomic mass is 10.1. The van der Waals surface area contributed by atoms with Gasteiger partial charge >= 0.3 is 5.97 Å². The second-order valence-electron chi connectivity index (χ2n) is 4.37. The maximum Gasteiger partial charge on any atom is 0.337 e. The molecule has 0 spiro atoms. The van der Waals surface area contributed by atoms with Gasteiger partial charge in [0.25, 0.3) is 0 Å². The molecule has 4 heteroatoms. The maximum atomic E-state index is 10.9. The second kappa shape index (κ2) is 6.52. The fourth-order valence-corrected chi connectivity index (χ4v) is 1.96. The van der Waals surface area contributed by atoms with Crippen LogP contribution in [0.15, 0.2) is 67.7 Å². The predicted octanol–water partition coefficient (Wildman–Crippen LogP) is 3.72. The quantitative estimate of drug-likeness (QED) is 0.849. The number of hydrogen-bond donors (Lipinski definition) is 1. The van der Waals surface area contributed by atoms with Gasteiger partial charge in [-0.3, -0.25) is 0 Å². The number of carboxylic acid groups (broad SMARTS) is 1. The molecule has 0 aliphatic carbocycles. The normalized spacial score (nSPS) is 11.8. The zero-order valence-corrected chi connectivity index (χ0v) is 11.7. The lowest BCUT2D eigenvalue weighted by molar-refractivity contribution is 0.0697. The van der Waals surface area contributed by atoms with Crippen LogP contribution in [0.3, 0.4) is 0 Å². The van der Waals surface area contributed by atoms with Crippen molar-refractivity contribution in [2.24, 2.45) is 0 Å². The molecule has 2 heterocycles. The summed E-state index contributed by atoms with van der Waals surface area (Å²) in [6, 6.07) is 5.35. The van der Waals surface area contributed by atoms with Gasteiger partial charge < -0.3 is 9.67 Å². The van der Waals surface area contributed by atoms with Crippen molar-refractivity contribution < 1.29 is 9.90 Å². The first-order valence-electron chi connectivity index (χ1n) is 6.49. The Morgan fingerprint density at radius 2 is 2.19 bits per heavy atom. The number of nitrogens with zero attached hydrogens (tertiary/aromatic N) is 2. The second-order valence-corrected chi connectivity index (χ2v) is 4.37. The summed E-state index contributed by atoms with van der Waals surface area (Å²) in [6.45, 7) is 5.66. The fourth-order valence-electron chi connectivity index (χ4n) is 1.96. The fraction of sp³-hybridized carbons (Fsp3) is 0.0588. The number of hydrogen-bond acceptors (Lipinski definition) is 2. The van der Waals surface area contributed by atoms with E-state index in [-0.39, 0.29) is 5.56 Å². The minimum absolute atomic E-state index is 0.234. The molecule has 2 rings (SSSR count). The van der Waals surface area contributed by atoms with Gasteiger partial charge in [0.1, 0.15) is 5.82 Å². The first-order valence-corrected chi connectivity index (χ1v) is 6.49. The third kappa shape index (κ3) is 3.36. The summed E-state index contributed by atoms with van der Waals surface area (Å²) in [5.74, 6) is -0.287. The monoisotopic (exact) mass is 280 g/mol. The average Bonchev–Trinajstić information content (AvgIpc) is 2.97. The molecule has 0 saturated carbocycles. The third-order valence-corrected chi connectivity index (χ3v) is 2.93. The van der Waals surface area contributed by atoms with Crippen LogP contribution in [-0.4, -0.2) is 20.6 Å². The number of rotatable bonds is 5. The van der Waals surface area contributed by atoms with Crippen LogP contribution >= 0.6 is 0 Å². The van der Waals surface area contributed by atoms with E-state index >= 15 is 0 Å². The molecule has 1 N–H and O–H groups in total. The summed E-state index contributed by atoms with van der Waals surface area (Å²) in [5, 5.41) is 8.96. The van der Waals surface area contributed by atoms with Crippen molar-refractivity contribution in [3.05, 3.63) is 78.8 Å². The molecule has 4 nitrogen and oxygen atoms in total. The standard InChI is InChI=1S/C17H16N2O2/c1-3-5-13(6-4-2)14-7-9-18-16(11-14)19-10-8-15(12-19)17(20)21/h3-12H,1H2,2H3,(H,20,21)/b6-4-,13-5+. The molecule has 0 aliphatic heterocycles. The summed E-state index contributed by atoms with van der Waals surface area (Å²) in [4.78, 5) is 15.2. The highest BCUT2D eigenvalue weighted by atomic mass is 16.4. The molecule has 0 radical (unpaired) electrons. The summed E-state index contributed by atoms with van der Waals surface area (Å²) >= 11 is 0. The number of pyridine rings is 1. The summed E-state index contributed by atoms with van der Waals surface area (Å²) in [5.41, 5.74) is 2.24. The molecule has 2 aromatic rings. The Balaban J connectivity index is 2.43. The molecule has 0 bridgehead atoms. The number of aromatic carboxylic acids is 1. The van der Waals surface area contributed by atoms with Gasteiger partial charge in [-0.15, -0.1) is 0 Å². The van der Waals surface area contributed by atoms with Gasteiger partial charge in [-0.1, -0.05) is 30.9 Å². The van der Waals surface area contributed by atoms with Crippen molar-refractivity contribution in [1.29, 1.82) is 0 Å². The van der Waals surface area contributed by atoms with E-state index in [4.69, 9.17) is 5.11 Å². The highest BCUT2D eigenvalue weighted by molar-refractivity contribution is 5.87. The Morgan fingerprint density at radius 3 is 2.81 bits per heavy atom. The Labute approximate surface area is 123 Å². The van der Waals surface area contributed by atoms with Crippen LogP contribution in [0.5, 0.6) is 0 Å². The largest absolute Gasteiger partial charge is 0.478 e. The van der Waals surface area contributed by atoms with Crippen LogP contribution in [0, 0.1) is 0 Å². The topological polar surface area (TPSA) is 55.1 Å². The molecule has 0 amide bonds. The molecule has 0 aliphatic rings. The van der Waals surface area contributed by atoms with Crippen molar-refractivity contribution in [1.82, 2.24) is 9.55 Å². The molecule has 0 unspecified atom stereocenters. The van der Waals surface area contributed by atoms with Crippen molar-refractivity contribution in [2.75, 3.05) is 0 Å². The minimum Gasteiger partial charge on any atom is -0.478 e. The molecule has 106 valence electrons. The van der Waals surface area contributed by atoms with Crippen LogP contribution in [0.25, 0.3) is 11.4 Å². The van der Waals surface area contributed by atoms with Crippen molar-refractivity contribution >= 4 is 11.5 Å². The SMILES string of the molecule is C=C/C=C(\C=C/C)c1ccnc(-n2ccc(C(=O)O)c2)c1. The lowest BCUT2D eigenvalue weighted by Crippen LogP contribution is -1.97. The average molecular weight is 280 g/mol. The lowest BCUT2D eigenvalue weighted by Gasteiger charge is -2.06. The van der Waals surface area contributed by atoms with Gasteiger partial charge in [0.2, 0.25) is 0 Å². The van der Waals surface area contributed by atoms with E-state index in [2.05, 4.69) is 11.6 Å². The summed E-state index contributed by atoms with van der Waals surface area (Å²) in [6.07, 6.45) is 12.5. The highest BCUT2D eigenvalue weighted by Gasteiger charge is 2.07. The zero-order valence-electron chi connectivity index (χ0n) is 11.7. The van der Waals surface area contributed by atoms with Gasteiger partial charge in [0.15, 0.2) is 0 Å². The Morgan fingerprint density at radius 1 is 1.38 bits per heavy atom. The van der Waals surface area contributed by atoms with Gasteiger partial charge in [-0.2, -0.15) is 0 Å². The summed E-state index contributed by atoms with van der Waals surface area (Å²) in [7, 11) is 0. The van der Waals surface area contributed by atoms with Crippen LogP contribution in [0.2, 0.25) is 0 Å². The van der Waals surface area contributed by atoms with Gasteiger partial charge in [0, 0.05) is 18.6 Å². The molecule has 0 fully saturated rings. The Kier molecular flexibility index (Phi) is 4.51. The smallest absolute Gasteiger partial charge is 0.337 e. The van der Waals surface area contributed by atoms with Crippen LogP contribution in [0.1, 0.15) is 22.8 Å². The molecular formula is C17H16N2O2. The van der Waals surface area contributed by atoms with Crippen molar-refractivity contribution in [3.8, 4) is 5.82 Å². The van der Waals surface area contributed by atoms with E-state index in [9.17, 15) is 4.79 Å². The van der Waals surface area contributed by atoms with E-state index in [1.807, 2.05) is 37.3 Å². The first-order chi connectivity index (χ1) is 10.2. The zero-order chi connectivity index (χ0) is 15.2. The molecule has 0 aromatic carbocycles. The van der Waals surface area contributed by atoms with Crippen molar-refractivity contribution in [3.63, 3.8) is 0 Å². The Bertz CT molecular complexity index is 724.